The summed E-state index contributed by atoms with van der Waals surface area (Å²) in [6.45, 7) is 8.71. The zero-order valence-electron chi connectivity index (χ0n) is 12.9. The van der Waals surface area contributed by atoms with Gasteiger partial charge in [0, 0.05) is 19.7 Å². The number of ether oxygens (including phenoxy) is 2. The summed E-state index contributed by atoms with van der Waals surface area (Å²) in [4.78, 5) is 25.5. The molecule has 20 heavy (non-hydrogen) atoms. The third-order valence-electron chi connectivity index (χ3n) is 3.31. The number of rotatable bonds is 7. The van der Waals surface area contributed by atoms with Crippen LogP contribution in [0.3, 0.4) is 0 Å². The molecule has 0 N–H and O–H groups in total. The second-order valence-electron chi connectivity index (χ2n) is 5.65. The van der Waals surface area contributed by atoms with Gasteiger partial charge in [0.05, 0.1) is 25.6 Å². The van der Waals surface area contributed by atoms with Gasteiger partial charge in [0.1, 0.15) is 0 Å². The Labute approximate surface area is 121 Å². The highest BCUT2D eigenvalue weighted by Crippen LogP contribution is 2.18. The van der Waals surface area contributed by atoms with Crippen LogP contribution in [0.2, 0.25) is 0 Å². The zero-order chi connectivity index (χ0) is 15.0. The lowest BCUT2D eigenvalue weighted by Crippen LogP contribution is -2.43. The van der Waals surface area contributed by atoms with Gasteiger partial charge in [0.15, 0.2) is 0 Å². The summed E-state index contributed by atoms with van der Waals surface area (Å²) in [6.07, 6.45) is 2.07. The Bertz CT molecular complexity index is 317. The molecule has 0 aromatic carbocycles. The molecule has 0 spiro atoms. The second kappa shape index (κ2) is 8.95. The van der Waals surface area contributed by atoms with Gasteiger partial charge in [0.2, 0.25) is 5.91 Å². The van der Waals surface area contributed by atoms with Crippen LogP contribution < -0.4 is 0 Å². The fourth-order valence-electron chi connectivity index (χ4n) is 2.29. The molecular weight excluding hydrogens is 258 g/mol. The number of likely N-dealkylation sites (tertiary alicyclic amines) is 1. The van der Waals surface area contributed by atoms with Gasteiger partial charge in [-0.25, -0.2) is 0 Å². The van der Waals surface area contributed by atoms with Gasteiger partial charge in [-0.15, -0.1) is 0 Å². The number of carbonyl (C=O) groups is 2. The predicted molar refractivity (Wildman–Crippen MR) is 76.2 cm³/mol. The van der Waals surface area contributed by atoms with Crippen molar-refractivity contribution in [2.24, 2.45) is 11.8 Å². The summed E-state index contributed by atoms with van der Waals surface area (Å²) >= 11 is 0. The van der Waals surface area contributed by atoms with Crippen molar-refractivity contribution < 1.29 is 19.1 Å². The minimum atomic E-state index is -0.180. The third kappa shape index (κ3) is 5.90. The molecule has 0 radical (unpaired) electrons. The van der Waals surface area contributed by atoms with E-state index in [1.807, 2.05) is 0 Å². The summed E-state index contributed by atoms with van der Waals surface area (Å²) in [5.74, 6) is 0.210. The highest BCUT2D eigenvalue weighted by molar-refractivity contribution is 5.78. The van der Waals surface area contributed by atoms with Crippen LogP contribution in [0.25, 0.3) is 0 Å². The maximum Gasteiger partial charge on any atom is 0.310 e. The molecule has 0 saturated carbocycles. The van der Waals surface area contributed by atoms with Crippen LogP contribution in [0.4, 0.5) is 0 Å². The van der Waals surface area contributed by atoms with Crippen molar-refractivity contribution >= 4 is 11.9 Å². The maximum absolute atomic E-state index is 12.1. The fourth-order valence-corrected chi connectivity index (χ4v) is 2.29. The standard InChI is InChI=1S/C15H27NO4/c1-4-20-15(18)13-6-5-8-16(10-13)14(17)7-9-19-11-12(2)3/h12-13H,4-11H2,1-3H3. The first-order valence-electron chi connectivity index (χ1n) is 7.56. The Morgan fingerprint density at radius 2 is 2.10 bits per heavy atom. The smallest absolute Gasteiger partial charge is 0.310 e. The first-order valence-corrected chi connectivity index (χ1v) is 7.56. The van der Waals surface area contributed by atoms with Gasteiger partial charge >= 0.3 is 5.97 Å². The van der Waals surface area contributed by atoms with E-state index in [-0.39, 0.29) is 17.8 Å². The van der Waals surface area contributed by atoms with Crippen LogP contribution in [0.1, 0.15) is 40.0 Å². The molecule has 0 bridgehead atoms. The number of esters is 1. The summed E-state index contributed by atoms with van der Waals surface area (Å²) in [5.41, 5.74) is 0. The predicted octanol–water partition coefficient (Wildman–Crippen LogP) is 1.85. The highest BCUT2D eigenvalue weighted by Gasteiger charge is 2.28. The van der Waals surface area contributed by atoms with Crippen LogP contribution in [-0.2, 0) is 19.1 Å². The van der Waals surface area contributed by atoms with Crippen molar-refractivity contribution in [3.05, 3.63) is 0 Å². The summed E-state index contributed by atoms with van der Waals surface area (Å²) in [7, 11) is 0. The van der Waals surface area contributed by atoms with E-state index in [4.69, 9.17) is 9.47 Å². The van der Waals surface area contributed by atoms with Crippen molar-refractivity contribution in [3.8, 4) is 0 Å². The van der Waals surface area contributed by atoms with Crippen LogP contribution in [-0.4, -0.2) is 49.7 Å². The normalized spacial score (nSPS) is 19.2. The first kappa shape index (κ1) is 17.0. The lowest BCUT2D eigenvalue weighted by atomic mass is 9.98. The van der Waals surface area contributed by atoms with Gasteiger partial charge in [0.25, 0.3) is 0 Å². The lowest BCUT2D eigenvalue weighted by Gasteiger charge is -2.31. The number of piperidine rings is 1. The SMILES string of the molecule is CCOC(=O)C1CCCN(C(=O)CCOCC(C)C)C1. The van der Waals surface area contributed by atoms with Crippen molar-refractivity contribution in [1.29, 1.82) is 0 Å². The zero-order valence-corrected chi connectivity index (χ0v) is 12.9. The number of hydrogen-bond donors (Lipinski definition) is 0. The summed E-state index contributed by atoms with van der Waals surface area (Å²) < 4.78 is 10.5. The van der Waals surface area contributed by atoms with Crippen molar-refractivity contribution in [1.82, 2.24) is 4.90 Å². The van der Waals surface area contributed by atoms with E-state index in [1.165, 1.54) is 0 Å². The molecular formula is C15H27NO4. The molecule has 0 aliphatic carbocycles. The Morgan fingerprint density at radius 1 is 1.35 bits per heavy atom. The van der Waals surface area contributed by atoms with E-state index >= 15 is 0 Å². The Hall–Kier alpha value is -1.10. The molecule has 1 fully saturated rings. The number of amides is 1. The maximum atomic E-state index is 12.1. The van der Waals surface area contributed by atoms with Crippen molar-refractivity contribution in [3.63, 3.8) is 0 Å². The molecule has 116 valence electrons. The summed E-state index contributed by atoms with van der Waals surface area (Å²) in [5, 5.41) is 0. The van der Waals surface area contributed by atoms with E-state index in [0.29, 0.717) is 38.7 Å². The first-order chi connectivity index (χ1) is 9.54. The molecule has 0 aromatic heterocycles. The van der Waals surface area contributed by atoms with Gasteiger partial charge < -0.3 is 14.4 Å². The summed E-state index contributed by atoms with van der Waals surface area (Å²) in [6, 6.07) is 0. The minimum absolute atomic E-state index is 0.0720. The molecule has 1 aliphatic rings. The van der Waals surface area contributed by atoms with E-state index in [2.05, 4.69) is 13.8 Å². The molecule has 1 saturated heterocycles. The quantitative estimate of drug-likeness (QED) is 0.529. The third-order valence-corrected chi connectivity index (χ3v) is 3.31. The molecule has 1 heterocycles. The van der Waals surface area contributed by atoms with Gasteiger partial charge in [-0.3, -0.25) is 9.59 Å². The van der Waals surface area contributed by atoms with Gasteiger partial charge in [-0.05, 0) is 25.7 Å². The number of nitrogens with zero attached hydrogens (tertiary/aromatic N) is 1. The Kier molecular flexibility index (Phi) is 7.59. The van der Waals surface area contributed by atoms with E-state index < -0.39 is 0 Å². The topological polar surface area (TPSA) is 55.8 Å². The average molecular weight is 285 g/mol. The van der Waals surface area contributed by atoms with Crippen molar-refractivity contribution in [2.45, 2.75) is 40.0 Å². The largest absolute Gasteiger partial charge is 0.466 e. The molecule has 0 aromatic rings. The molecule has 1 amide bonds. The fraction of sp³-hybridized carbons (Fsp3) is 0.867. The molecule has 1 atom stereocenters. The monoisotopic (exact) mass is 285 g/mol. The Morgan fingerprint density at radius 3 is 2.75 bits per heavy atom. The van der Waals surface area contributed by atoms with E-state index in [0.717, 1.165) is 19.4 Å². The molecule has 5 heteroatoms. The second-order valence-corrected chi connectivity index (χ2v) is 5.65. The lowest BCUT2D eigenvalue weighted by molar-refractivity contribution is -0.151. The molecule has 1 aliphatic heterocycles. The van der Waals surface area contributed by atoms with Crippen LogP contribution in [0, 0.1) is 11.8 Å². The van der Waals surface area contributed by atoms with Gasteiger partial charge in [-0.1, -0.05) is 13.8 Å². The minimum Gasteiger partial charge on any atom is -0.466 e. The average Bonchev–Trinajstić information content (AvgIpc) is 2.43. The molecule has 1 unspecified atom stereocenters. The molecule has 5 nitrogen and oxygen atoms in total. The molecule has 1 rings (SSSR count). The van der Waals surface area contributed by atoms with Gasteiger partial charge in [-0.2, -0.15) is 0 Å². The number of carbonyl (C=O) groups excluding carboxylic acids is 2. The van der Waals surface area contributed by atoms with Crippen LogP contribution in [0.15, 0.2) is 0 Å². The van der Waals surface area contributed by atoms with E-state index in [1.54, 1.807) is 11.8 Å². The van der Waals surface area contributed by atoms with E-state index in [9.17, 15) is 9.59 Å². The Balaban J connectivity index is 2.31. The van der Waals surface area contributed by atoms with Crippen LogP contribution in [0.5, 0.6) is 0 Å². The highest BCUT2D eigenvalue weighted by atomic mass is 16.5. The van der Waals surface area contributed by atoms with Crippen molar-refractivity contribution in [2.75, 3.05) is 32.9 Å². The number of hydrogen-bond acceptors (Lipinski definition) is 4. The van der Waals surface area contributed by atoms with Crippen LogP contribution >= 0.6 is 0 Å².